The van der Waals surface area contributed by atoms with E-state index in [0.29, 0.717) is 35.0 Å². The highest BCUT2D eigenvalue weighted by atomic mass is 35.5. The molecule has 1 aliphatic carbocycles. The van der Waals surface area contributed by atoms with Crippen molar-refractivity contribution in [2.75, 3.05) is 7.11 Å². The van der Waals surface area contributed by atoms with Crippen LogP contribution in [0.15, 0.2) is 65.7 Å². The van der Waals surface area contributed by atoms with Crippen LogP contribution in [0.4, 0.5) is 0 Å². The molecule has 12 heteroatoms. The first-order valence-corrected chi connectivity index (χ1v) is 16.1. The maximum absolute atomic E-state index is 13.3. The van der Waals surface area contributed by atoms with E-state index in [1.807, 2.05) is 35.8 Å². The number of carbonyl (C=O) groups excluding carboxylic acids is 3. The molecule has 0 unspecified atom stereocenters. The molecule has 1 saturated carbocycles. The van der Waals surface area contributed by atoms with Gasteiger partial charge in [-0.25, -0.2) is 0 Å². The number of nitrogens with one attached hydrogen (secondary N) is 2. The van der Waals surface area contributed by atoms with E-state index < -0.39 is 6.04 Å². The van der Waals surface area contributed by atoms with E-state index >= 15 is 0 Å². The monoisotopic (exact) mass is 656 g/mol. The number of thiophene rings is 1. The number of nitrogens with zero attached hydrogens (tertiary/aromatic N) is 4. The number of rotatable bonds is 9. The molecule has 236 valence electrons. The number of aliphatic imine (C=N–C) groups is 1. The van der Waals surface area contributed by atoms with Gasteiger partial charge in [-0.3, -0.25) is 23.9 Å². The number of hydrogen-bond acceptors (Lipinski definition) is 8. The Morgan fingerprint density at radius 2 is 1.67 bits per heavy atom. The van der Waals surface area contributed by atoms with Crippen LogP contribution in [0.1, 0.15) is 68.9 Å². The van der Waals surface area contributed by atoms with Crippen LogP contribution in [0.2, 0.25) is 5.02 Å². The van der Waals surface area contributed by atoms with Crippen LogP contribution in [-0.4, -0.2) is 57.3 Å². The summed E-state index contributed by atoms with van der Waals surface area (Å²) in [6.45, 7) is 6.08. The first-order valence-electron chi connectivity index (χ1n) is 14.9. The van der Waals surface area contributed by atoms with Crippen molar-refractivity contribution < 1.29 is 19.1 Å². The SMILES string of the molecule is COc1ccc(C(=O)/C=C/C(=O)N[C@H]2C[C@H](NC(=O)C[C@@H]3N=C(c4ccc(Cl)cc4)c4c(sc(C)c4C)-n4c(C)nnc43)C2)cc1. The van der Waals surface area contributed by atoms with E-state index in [0.717, 1.165) is 33.2 Å². The number of hydrogen-bond donors (Lipinski definition) is 2. The lowest BCUT2D eigenvalue weighted by Gasteiger charge is -2.36. The summed E-state index contributed by atoms with van der Waals surface area (Å²) in [6, 6.07) is 13.5. The summed E-state index contributed by atoms with van der Waals surface area (Å²) in [7, 11) is 1.55. The van der Waals surface area contributed by atoms with Gasteiger partial charge in [-0.15, -0.1) is 21.5 Å². The molecule has 0 bridgehead atoms. The molecule has 2 aromatic heterocycles. The Kier molecular flexibility index (Phi) is 8.88. The fourth-order valence-corrected chi connectivity index (χ4v) is 7.04. The molecular weight excluding hydrogens is 624 g/mol. The second-order valence-corrected chi connectivity index (χ2v) is 13.1. The molecule has 0 saturated heterocycles. The standard InChI is InChI=1S/C34H33ClN6O4S/c1-18-19(2)46-34-31(18)32(22-5-9-23(35)10-6-22)38-27(33-40-39-20(3)41(33)34)17-30(44)37-25-15-24(16-25)36-29(43)14-13-28(42)21-7-11-26(45-4)12-8-21/h5-14,24-25,27H,15-17H2,1-4H3,(H,36,43)(H,37,44)/b14-13+/t24-,25-,27-/m0/s1. The van der Waals surface area contributed by atoms with E-state index in [1.54, 1.807) is 42.7 Å². The molecule has 2 amide bonds. The fourth-order valence-electron chi connectivity index (χ4n) is 5.70. The quantitative estimate of drug-likeness (QED) is 0.183. The zero-order valence-electron chi connectivity index (χ0n) is 25.8. The third-order valence-corrected chi connectivity index (χ3v) is 9.79. The minimum atomic E-state index is -0.560. The predicted molar refractivity (Wildman–Crippen MR) is 177 cm³/mol. The molecule has 0 spiro atoms. The van der Waals surface area contributed by atoms with Crippen LogP contribution in [0.25, 0.3) is 5.00 Å². The van der Waals surface area contributed by atoms with Gasteiger partial charge in [0, 0.05) is 44.7 Å². The number of ether oxygens (including phenoxy) is 1. The summed E-state index contributed by atoms with van der Waals surface area (Å²) < 4.78 is 7.13. The van der Waals surface area contributed by atoms with Crippen molar-refractivity contribution >= 4 is 46.2 Å². The first kappa shape index (κ1) is 31.4. The molecule has 1 aliphatic heterocycles. The second kappa shape index (κ2) is 13.0. The molecule has 3 heterocycles. The highest BCUT2D eigenvalue weighted by Gasteiger charge is 2.35. The molecule has 4 aromatic rings. The number of halogens is 1. The molecule has 1 fully saturated rings. The van der Waals surface area contributed by atoms with Crippen molar-refractivity contribution in [3.8, 4) is 10.8 Å². The number of aryl methyl sites for hydroxylation is 2. The summed E-state index contributed by atoms with van der Waals surface area (Å²) in [4.78, 5) is 44.5. The number of allylic oxidation sites excluding steroid dienone is 1. The summed E-state index contributed by atoms with van der Waals surface area (Å²) >= 11 is 7.86. The zero-order valence-corrected chi connectivity index (χ0v) is 27.4. The van der Waals surface area contributed by atoms with Crippen molar-refractivity contribution in [2.45, 2.75) is 58.2 Å². The molecule has 2 aromatic carbocycles. The molecule has 2 aliphatic rings. The Bertz CT molecular complexity index is 1870. The van der Waals surface area contributed by atoms with Gasteiger partial charge in [-0.2, -0.15) is 0 Å². The molecule has 10 nitrogen and oxygen atoms in total. The van der Waals surface area contributed by atoms with Crippen LogP contribution in [-0.2, 0) is 9.59 Å². The Hall–Kier alpha value is -4.61. The Labute approximate surface area is 275 Å². The second-order valence-electron chi connectivity index (χ2n) is 11.5. The normalized spacial score (nSPS) is 18.5. The first-order chi connectivity index (χ1) is 22.1. The lowest BCUT2D eigenvalue weighted by atomic mass is 9.86. The average Bonchev–Trinajstić information content (AvgIpc) is 3.51. The van der Waals surface area contributed by atoms with Crippen LogP contribution in [0.3, 0.4) is 0 Å². The van der Waals surface area contributed by atoms with Gasteiger partial charge in [0.05, 0.1) is 19.2 Å². The van der Waals surface area contributed by atoms with Crippen molar-refractivity contribution in [2.24, 2.45) is 4.99 Å². The van der Waals surface area contributed by atoms with Gasteiger partial charge < -0.3 is 15.4 Å². The van der Waals surface area contributed by atoms with E-state index in [9.17, 15) is 14.4 Å². The summed E-state index contributed by atoms with van der Waals surface area (Å²) in [5.41, 5.74) is 4.30. The smallest absolute Gasteiger partial charge is 0.244 e. The number of benzene rings is 2. The van der Waals surface area contributed by atoms with E-state index in [-0.39, 0.29) is 36.1 Å². The summed E-state index contributed by atoms with van der Waals surface area (Å²) in [5, 5.41) is 16.4. The fraction of sp³-hybridized carbons (Fsp3) is 0.294. The zero-order chi connectivity index (χ0) is 32.5. The average molecular weight is 657 g/mol. The van der Waals surface area contributed by atoms with Crippen molar-refractivity contribution in [1.82, 2.24) is 25.4 Å². The number of fused-ring (bicyclic) bond motifs is 3. The minimum Gasteiger partial charge on any atom is -0.497 e. The van der Waals surface area contributed by atoms with Gasteiger partial charge >= 0.3 is 0 Å². The van der Waals surface area contributed by atoms with Crippen LogP contribution < -0.4 is 15.4 Å². The lowest BCUT2D eigenvalue weighted by molar-refractivity contribution is -0.123. The predicted octanol–water partition coefficient (Wildman–Crippen LogP) is 5.40. The lowest BCUT2D eigenvalue weighted by Crippen LogP contribution is -2.53. The van der Waals surface area contributed by atoms with Crippen molar-refractivity contribution in [3.05, 3.63) is 104 Å². The van der Waals surface area contributed by atoms with Crippen molar-refractivity contribution in [1.29, 1.82) is 0 Å². The van der Waals surface area contributed by atoms with Crippen LogP contribution in [0.5, 0.6) is 5.75 Å². The topological polar surface area (TPSA) is 128 Å². The maximum atomic E-state index is 13.3. The molecule has 6 rings (SSSR count). The number of methoxy groups -OCH3 is 1. The van der Waals surface area contributed by atoms with Gasteiger partial charge in [0.1, 0.15) is 22.6 Å². The Balaban J connectivity index is 1.10. The molecule has 46 heavy (non-hydrogen) atoms. The number of carbonyl (C=O) groups is 3. The summed E-state index contributed by atoms with van der Waals surface area (Å²) in [6.07, 6.45) is 3.76. The van der Waals surface area contributed by atoms with Gasteiger partial charge in [0.2, 0.25) is 11.8 Å². The van der Waals surface area contributed by atoms with E-state index in [4.69, 9.17) is 21.3 Å². The molecule has 1 atom stereocenters. The van der Waals surface area contributed by atoms with Gasteiger partial charge in [-0.1, -0.05) is 23.7 Å². The highest BCUT2D eigenvalue weighted by molar-refractivity contribution is 7.15. The Morgan fingerprint density at radius 3 is 2.37 bits per heavy atom. The third kappa shape index (κ3) is 6.38. The van der Waals surface area contributed by atoms with Gasteiger partial charge in [0.25, 0.3) is 0 Å². The highest BCUT2D eigenvalue weighted by Crippen LogP contribution is 2.39. The van der Waals surface area contributed by atoms with Crippen LogP contribution in [0, 0.1) is 20.8 Å². The molecular formula is C34H33ClN6O4S. The minimum absolute atomic E-state index is 0.0840. The number of amides is 2. The molecule has 0 radical (unpaired) electrons. The maximum Gasteiger partial charge on any atom is 0.244 e. The van der Waals surface area contributed by atoms with E-state index in [2.05, 4.69) is 34.7 Å². The summed E-state index contributed by atoms with van der Waals surface area (Å²) in [5.74, 6) is 1.21. The number of aromatic nitrogens is 3. The third-order valence-electron chi connectivity index (χ3n) is 8.35. The van der Waals surface area contributed by atoms with Gasteiger partial charge in [0.15, 0.2) is 11.6 Å². The van der Waals surface area contributed by atoms with Crippen molar-refractivity contribution in [3.63, 3.8) is 0 Å². The Morgan fingerprint density at radius 1 is 0.978 bits per heavy atom. The molecule has 2 N–H and O–H groups in total. The van der Waals surface area contributed by atoms with Crippen LogP contribution >= 0.6 is 22.9 Å². The van der Waals surface area contributed by atoms with E-state index in [1.165, 1.54) is 17.0 Å². The largest absolute Gasteiger partial charge is 0.497 e. The number of ketones is 1. The van der Waals surface area contributed by atoms with Gasteiger partial charge in [-0.05, 0) is 81.7 Å².